The van der Waals surface area contributed by atoms with Crippen molar-refractivity contribution in [3.8, 4) is 11.4 Å². The van der Waals surface area contributed by atoms with E-state index in [9.17, 15) is 0 Å². The molecule has 0 aliphatic heterocycles. The summed E-state index contributed by atoms with van der Waals surface area (Å²) in [4.78, 5) is 4.95. The van der Waals surface area contributed by atoms with Gasteiger partial charge in [-0.1, -0.05) is 72.8 Å². The van der Waals surface area contributed by atoms with Crippen LogP contribution in [0, 0.1) is 0 Å². The molecule has 1 aliphatic carbocycles. The molecular weight excluding hydrogens is 292 g/mol. The summed E-state index contributed by atoms with van der Waals surface area (Å²) >= 11 is 0. The van der Waals surface area contributed by atoms with Crippen LogP contribution in [0.4, 0.5) is 0 Å². The normalized spacial score (nSPS) is 17.3. The molecule has 2 nitrogen and oxygen atoms in total. The third-order valence-electron chi connectivity index (χ3n) is 4.52. The third-order valence-corrected chi connectivity index (χ3v) is 4.52. The number of benzene rings is 2. The fourth-order valence-corrected chi connectivity index (χ4v) is 3.25. The van der Waals surface area contributed by atoms with Crippen LogP contribution in [0.5, 0.6) is 0 Å². The van der Waals surface area contributed by atoms with Crippen molar-refractivity contribution in [1.29, 1.82) is 0 Å². The van der Waals surface area contributed by atoms with Crippen molar-refractivity contribution in [2.75, 3.05) is 0 Å². The number of nitrogens with zero attached hydrogens (tertiary/aromatic N) is 2. The van der Waals surface area contributed by atoms with Gasteiger partial charge >= 0.3 is 0 Å². The van der Waals surface area contributed by atoms with Crippen molar-refractivity contribution in [1.82, 2.24) is 9.55 Å². The molecule has 0 bridgehead atoms. The Kier molecular flexibility index (Phi) is 3.87. The average molecular weight is 312 g/mol. The fraction of sp³-hybridized carbons (Fsp3) is 0.136. The molecule has 2 aromatic carbocycles. The number of aromatic nitrogens is 2. The zero-order valence-electron chi connectivity index (χ0n) is 13.8. The first-order valence-electron chi connectivity index (χ1n) is 8.37. The SMILES string of the molecule is Cn1c(-c2ccccc2)nc2c1CC/C=C\C(c1ccccc1)=C/2. The van der Waals surface area contributed by atoms with E-state index in [2.05, 4.69) is 84.4 Å². The average Bonchev–Trinajstić information content (AvgIpc) is 2.91. The number of hydrogen-bond donors (Lipinski definition) is 0. The van der Waals surface area contributed by atoms with Crippen LogP contribution >= 0.6 is 0 Å². The first kappa shape index (κ1) is 14.7. The summed E-state index contributed by atoms with van der Waals surface area (Å²) < 4.78 is 2.24. The van der Waals surface area contributed by atoms with Crippen molar-refractivity contribution in [3.05, 3.63) is 89.8 Å². The molecule has 0 saturated heterocycles. The molecule has 0 radical (unpaired) electrons. The molecule has 2 heteroatoms. The Bertz CT molecular complexity index is 900. The molecule has 0 fully saturated rings. The highest BCUT2D eigenvalue weighted by Gasteiger charge is 2.15. The minimum atomic E-state index is 1.01. The Balaban J connectivity index is 1.85. The molecule has 0 spiro atoms. The molecule has 3 aromatic rings. The van der Waals surface area contributed by atoms with Gasteiger partial charge in [0.1, 0.15) is 5.82 Å². The monoisotopic (exact) mass is 312 g/mol. The maximum atomic E-state index is 4.95. The van der Waals surface area contributed by atoms with Crippen LogP contribution in [0.25, 0.3) is 23.0 Å². The van der Waals surface area contributed by atoms with Crippen molar-refractivity contribution >= 4 is 11.6 Å². The van der Waals surface area contributed by atoms with Crippen LogP contribution in [0.15, 0.2) is 72.8 Å². The van der Waals surface area contributed by atoms with Gasteiger partial charge in [0.25, 0.3) is 0 Å². The Morgan fingerprint density at radius 1 is 0.875 bits per heavy atom. The molecule has 0 amide bonds. The molecule has 0 N–H and O–H groups in total. The smallest absolute Gasteiger partial charge is 0.140 e. The van der Waals surface area contributed by atoms with Crippen LogP contribution in [0.3, 0.4) is 0 Å². The topological polar surface area (TPSA) is 17.8 Å². The molecule has 0 saturated carbocycles. The number of allylic oxidation sites excluding steroid dienone is 3. The van der Waals surface area contributed by atoms with Crippen LogP contribution in [-0.2, 0) is 13.5 Å². The molecule has 0 unspecified atom stereocenters. The second kappa shape index (κ2) is 6.32. The molecule has 24 heavy (non-hydrogen) atoms. The Labute approximate surface area is 142 Å². The molecule has 1 aromatic heterocycles. The lowest BCUT2D eigenvalue weighted by atomic mass is 10.0. The highest BCUT2D eigenvalue weighted by Crippen LogP contribution is 2.28. The predicted molar refractivity (Wildman–Crippen MR) is 100 cm³/mol. The molecular formula is C22H20N2. The largest absolute Gasteiger partial charge is 0.331 e. The van der Waals surface area contributed by atoms with Crippen LogP contribution in [0.2, 0.25) is 0 Å². The van der Waals surface area contributed by atoms with Gasteiger partial charge in [-0.05, 0) is 30.1 Å². The highest BCUT2D eigenvalue weighted by molar-refractivity contribution is 5.87. The van der Waals surface area contributed by atoms with E-state index in [4.69, 9.17) is 4.98 Å². The first-order valence-corrected chi connectivity index (χ1v) is 8.37. The minimum absolute atomic E-state index is 1.01. The Morgan fingerprint density at radius 2 is 1.54 bits per heavy atom. The van der Waals surface area contributed by atoms with Gasteiger partial charge in [-0.2, -0.15) is 0 Å². The fourth-order valence-electron chi connectivity index (χ4n) is 3.25. The lowest BCUT2D eigenvalue weighted by Crippen LogP contribution is -2.00. The van der Waals surface area contributed by atoms with Crippen molar-refractivity contribution in [2.45, 2.75) is 12.8 Å². The van der Waals surface area contributed by atoms with E-state index in [0.717, 1.165) is 29.9 Å². The quantitative estimate of drug-likeness (QED) is 0.641. The van der Waals surface area contributed by atoms with Crippen LogP contribution < -0.4 is 0 Å². The zero-order chi connectivity index (χ0) is 16.4. The summed E-state index contributed by atoms with van der Waals surface area (Å²) in [5.41, 5.74) is 5.99. The van der Waals surface area contributed by atoms with E-state index >= 15 is 0 Å². The Morgan fingerprint density at radius 3 is 2.25 bits per heavy atom. The Hall–Kier alpha value is -2.87. The minimum Gasteiger partial charge on any atom is -0.331 e. The predicted octanol–water partition coefficient (Wildman–Crippen LogP) is 5.13. The second-order valence-electron chi connectivity index (χ2n) is 6.10. The standard InChI is InChI=1S/C22H20N2/c1-24-21-15-9-8-14-19(17-10-4-2-5-11-17)16-20(21)23-22(24)18-12-6-3-7-13-18/h2-8,10-14,16H,9,15H2,1H3/b14-8-,19-16+. The highest BCUT2D eigenvalue weighted by atomic mass is 15.1. The summed E-state index contributed by atoms with van der Waals surface area (Å²) in [5.74, 6) is 1.03. The van der Waals surface area contributed by atoms with Crippen LogP contribution in [-0.4, -0.2) is 9.55 Å². The maximum Gasteiger partial charge on any atom is 0.140 e. The summed E-state index contributed by atoms with van der Waals surface area (Å²) in [6.45, 7) is 0. The number of fused-ring (bicyclic) bond motifs is 1. The lowest BCUT2D eigenvalue weighted by Gasteiger charge is -2.09. The number of imidazole rings is 1. The van der Waals surface area contributed by atoms with Gasteiger partial charge in [0.05, 0.1) is 5.69 Å². The molecule has 4 rings (SSSR count). The van der Waals surface area contributed by atoms with E-state index in [1.165, 1.54) is 16.8 Å². The van der Waals surface area contributed by atoms with Crippen LogP contribution in [0.1, 0.15) is 23.4 Å². The van der Waals surface area contributed by atoms with E-state index in [0.29, 0.717) is 0 Å². The molecule has 0 atom stereocenters. The van der Waals surface area contributed by atoms with Gasteiger partial charge in [0.15, 0.2) is 0 Å². The number of rotatable bonds is 2. The van der Waals surface area contributed by atoms with Crippen molar-refractivity contribution in [3.63, 3.8) is 0 Å². The van der Waals surface area contributed by atoms with Gasteiger partial charge in [-0.3, -0.25) is 0 Å². The van der Waals surface area contributed by atoms with Gasteiger partial charge < -0.3 is 4.57 Å². The summed E-state index contributed by atoms with van der Waals surface area (Å²) in [6.07, 6.45) is 8.74. The van der Waals surface area contributed by atoms with E-state index in [1.807, 2.05) is 6.07 Å². The summed E-state index contributed by atoms with van der Waals surface area (Å²) in [7, 11) is 2.12. The van der Waals surface area contributed by atoms with Gasteiger partial charge in [0, 0.05) is 18.3 Å². The van der Waals surface area contributed by atoms with Crippen molar-refractivity contribution < 1.29 is 0 Å². The first-order chi connectivity index (χ1) is 11.8. The third kappa shape index (κ3) is 2.71. The van der Waals surface area contributed by atoms with Crippen molar-refractivity contribution in [2.24, 2.45) is 7.05 Å². The van der Waals surface area contributed by atoms with E-state index in [-0.39, 0.29) is 0 Å². The van der Waals surface area contributed by atoms with Gasteiger partial charge in [0.2, 0.25) is 0 Å². The number of hydrogen-bond acceptors (Lipinski definition) is 1. The second-order valence-corrected chi connectivity index (χ2v) is 6.10. The van der Waals surface area contributed by atoms with E-state index < -0.39 is 0 Å². The zero-order valence-corrected chi connectivity index (χ0v) is 13.8. The van der Waals surface area contributed by atoms with E-state index in [1.54, 1.807) is 0 Å². The maximum absolute atomic E-state index is 4.95. The molecule has 118 valence electrons. The summed E-state index contributed by atoms with van der Waals surface area (Å²) in [5, 5.41) is 0. The molecule has 1 aliphatic rings. The van der Waals surface area contributed by atoms with Gasteiger partial charge in [-0.25, -0.2) is 4.98 Å². The van der Waals surface area contributed by atoms with Gasteiger partial charge in [-0.15, -0.1) is 0 Å². The summed E-state index contributed by atoms with van der Waals surface area (Å²) in [6, 6.07) is 20.9. The lowest BCUT2D eigenvalue weighted by molar-refractivity contribution is 0.813. The molecule has 1 heterocycles.